The maximum atomic E-state index is 12.8. The summed E-state index contributed by atoms with van der Waals surface area (Å²) < 4.78 is 6.19. The number of hydrogen-bond acceptors (Lipinski definition) is 4. The summed E-state index contributed by atoms with van der Waals surface area (Å²) in [6.07, 6.45) is -0.294. The third-order valence-electron chi connectivity index (χ3n) is 4.77. The van der Waals surface area contributed by atoms with Crippen LogP contribution in [0.15, 0.2) is 12.1 Å². The van der Waals surface area contributed by atoms with Gasteiger partial charge in [-0.1, -0.05) is 19.1 Å². The molecular weight excluding hydrogens is 288 g/mol. The van der Waals surface area contributed by atoms with Gasteiger partial charge in [0, 0.05) is 0 Å². The van der Waals surface area contributed by atoms with Gasteiger partial charge in [-0.2, -0.15) is 0 Å². The molecule has 0 bridgehead atoms. The molecule has 0 aliphatic carbocycles. The predicted octanol–water partition coefficient (Wildman–Crippen LogP) is 3.97. The molecule has 0 saturated carbocycles. The Morgan fingerprint density at radius 3 is 2.22 bits per heavy atom. The van der Waals surface area contributed by atoms with E-state index in [0.717, 1.165) is 11.3 Å². The van der Waals surface area contributed by atoms with Crippen LogP contribution in [0.3, 0.4) is 0 Å². The molecule has 2 unspecified atom stereocenters. The summed E-state index contributed by atoms with van der Waals surface area (Å²) >= 11 is 0. The first-order valence-electron chi connectivity index (χ1n) is 7.93. The van der Waals surface area contributed by atoms with E-state index < -0.39 is 0 Å². The highest BCUT2D eigenvalue weighted by Gasteiger charge is 2.37. The molecule has 1 aromatic heterocycles. The van der Waals surface area contributed by atoms with Crippen molar-refractivity contribution in [1.82, 2.24) is 9.97 Å². The zero-order chi connectivity index (χ0) is 16.9. The number of nitrogens with zero attached hydrogens (tertiary/aromatic N) is 2. The lowest BCUT2D eigenvalue weighted by Gasteiger charge is -2.31. The van der Waals surface area contributed by atoms with Crippen molar-refractivity contribution in [2.75, 3.05) is 0 Å². The summed E-state index contributed by atoms with van der Waals surface area (Å²) in [4.78, 5) is 21.4. The fraction of sp³-hybridized carbons (Fsp3) is 0.421. The monoisotopic (exact) mass is 310 g/mol. The standard InChI is InChI=1S/C19H22N2O2/c1-9-7-15(8-10(2)11(9)3)18-12(4)17(22)16-19(23-18)13(5)20-14(6)21-16/h7-8,12,18H,1-6H3. The fourth-order valence-electron chi connectivity index (χ4n) is 3.18. The zero-order valence-corrected chi connectivity index (χ0v) is 14.5. The third kappa shape index (κ3) is 2.52. The quantitative estimate of drug-likeness (QED) is 0.799. The Morgan fingerprint density at radius 2 is 1.61 bits per heavy atom. The van der Waals surface area contributed by atoms with E-state index in [9.17, 15) is 4.79 Å². The SMILES string of the molecule is Cc1nc(C)c2c(n1)C(=O)C(C)C(c1cc(C)c(C)c(C)c1)O2. The topological polar surface area (TPSA) is 52.1 Å². The lowest BCUT2D eigenvalue weighted by molar-refractivity contribution is 0.0674. The smallest absolute Gasteiger partial charge is 0.191 e. The van der Waals surface area contributed by atoms with Crippen LogP contribution >= 0.6 is 0 Å². The number of ketones is 1. The molecule has 2 atom stereocenters. The Morgan fingerprint density at radius 1 is 1.00 bits per heavy atom. The summed E-state index contributed by atoms with van der Waals surface area (Å²) in [5, 5.41) is 0. The number of Topliss-reactive ketones (excluding diaryl/α,β-unsaturated/α-hetero) is 1. The second kappa shape index (κ2) is 5.44. The van der Waals surface area contributed by atoms with Crippen LogP contribution in [0.5, 0.6) is 5.75 Å². The highest BCUT2D eigenvalue weighted by Crippen LogP contribution is 2.39. The highest BCUT2D eigenvalue weighted by molar-refractivity contribution is 6.00. The van der Waals surface area contributed by atoms with Crippen molar-refractivity contribution in [3.05, 3.63) is 51.6 Å². The van der Waals surface area contributed by atoms with Crippen LogP contribution in [0, 0.1) is 40.5 Å². The minimum Gasteiger partial charge on any atom is -0.481 e. The van der Waals surface area contributed by atoms with Crippen molar-refractivity contribution in [2.45, 2.75) is 47.6 Å². The normalized spacial score (nSPS) is 20.2. The number of aryl methyl sites for hydroxylation is 4. The molecule has 0 N–H and O–H groups in total. The van der Waals surface area contributed by atoms with Crippen molar-refractivity contribution in [2.24, 2.45) is 5.92 Å². The summed E-state index contributed by atoms with van der Waals surface area (Å²) in [5.41, 5.74) is 5.88. The number of ether oxygens (including phenoxy) is 1. The molecule has 4 heteroatoms. The zero-order valence-electron chi connectivity index (χ0n) is 14.5. The van der Waals surface area contributed by atoms with Crippen LogP contribution in [0.1, 0.15) is 57.3 Å². The minimum absolute atomic E-state index is 0.0285. The van der Waals surface area contributed by atoms with Crippen molar-refractivity contribution < 1.29 is 9.53 Å². The molecule has 120 valence electrons. The molecule has 0 amide bonds. The summed E-state index contributed by atoms with van der Waals surface area (Å²) in [7, 11) is 0. The first kappa shape index (κ1) is 15.7. The molecule has 2 aromatic rings. The molecule has 1 aliphatic heterocycles. The molecule has 1 aromatic carbocycles. The lowest BCUT2D eigenvalue weighted by atomic mass is 9.87. The number of fused-ring (bicyclic) bond motifs is 1. The molecule has 23 heavy (non-hydrogen) atoms. The summed E-state index contributed by atoms with van der Waals surface area (Å²) in [6.45, 7) is 11.9. The third-order valence-corrected chi connectivity index (χ3v) is 4.77. The molecule has 4 nitrogen and oxygen atoms in total. The Balaban J connectivity index is 2.11. The molecule has 3 rings (SSSR count). The van der Waals surface area contributed by atoms with Gasteiger partial charge in [-0.25, -0.2) is 9.97 Å². The lowest BCUT2D eigenvalue weighted by Crippen LogP contribution is -2.31. The highest BCUT2D eigenvalue weighted by atomic mass is 16.5. The van der Waals surface area contributed by atoms with Gasteiger partial charge >= 0.3 is 0 Å². The molecule has 0 radical (unpaired) electrons. The number of hydrogen-bond donors (Lipinski definition) is 0. The Hall–Kier alpha value is -2.23. The van der Waals surface area contributed by atoms with E-state index in [2.05, 4.69) is 42.9 Å². The maximum absolute atomic E-state index is 12.8. The van der Waals surface area contributed by atoms with Crippen molar-refractivity contribution >= 4 is 5.78 Å². The average molecular weight is 310 g/mol. The summed E-state index contributed by atoms with van der Waals surface area (Å²) in [5.74, 6) is 0.892. The Labute approximate surface area is 136 Å². The van der Waals surface area contributed by atoms with E-state index in [1.807, 2.05) is 13.8 Å². The second-order valence-electron chi connectivity index (χ2n) is 6.51. The van der Waals surface area contributed by atoms with E-state index in [-0.39, 0.29) is 17.8 Å². The number of carbonyl (C=O) groups excluding carboxylic acids is 1. The van der Waals surface area contributed by atoms with E-state index in [1.165, 1.54) is 16.7 Å². The second-order valence-corrected chi connectivity index (χ2v) is 6.51. The fourth-order valence-corrected chi connectivity index (χ4v) is 3.18. The first-order chi connectivity index (χ1) is 10.8. The van der Waals surface area contributed by atoms with Gasteiger partial charge < -0.3 is 4.74 Å². The van der Waals surface area contributed by atoms with E-state index in [0.29, 0.717) is 17.3 Å². The number of benzene rings is 1. The summed E-state index contributed by atoms with van der Waals surface area (Å²) in [6, 6.07) is 4.23. The maximum Gasteiger partial charge on any atom is 0.191 e. The molecular formula is C19H22N2O2. The van der Waals surface area contributed by atoms with Gasteiger partial charge in [0.1, 0.15) is 11.9 Å². The van der Waals surface area contributed by atoms with Crippen LogP contribution in [0.4, 0.5) is 0 Å². The van der Waals surface area contributed by atoms with Crippen LogP contribution in [0.2, 0.25) is 0 Å². The van der Waals surface area contributed by atoms with Gasteiger partial charge in [-0.15, -0.1) is 0 Å². The molecule has 1 aliphatic rings. The van der Waals surface area contributed by atoms with Crippen LogP contribution in [-0.2, 0) is 0 Å². The Kier molecular flexibility index (Phi) is 3.71. The molecule has 0 saturated heterocycles. The van der Waals surface area contributed by atoms with Gasteiger partial charge in [0.2, 0.25) is 0 Å². The van der Waals surface area contributed by atoms with Crippen molar-refractivity contribution in [1.29, 1.82) is 0 Å². The van der Waals surface area contributed by atoms with Crippen LogP contribution in [0.25, 0.3) is 0 Å². The van der Waals surface area contributed by atoms with E-state index in [4.69, 9.17) is 4.74 Å². The van der Waals surface area contributed by atoms with Crippen molar-refractivity contribution in [3.63, 3.8) is 0 Å². The predicted molar refractivity (Wildman–Crippen MR) is 89.0 cm³/mol. The average Bonchev–Trinajstić information content (AvgIpc) is 2.48. The number of carbonyl (C=O) groups is 1. The van der Waals surface area contributed by atoms with Crippen molar-refractivity contribution in [3.8, 4) is 5.75 Å². The van der Waals surface area contributed by atoms with E-state index in [1.54, 1.807) is 6.92 Å². The van der Waals surface area contributed by atoms with Gasteiger partial charge in [0.25, 0.3) is 0 Å². The first-order valence-corrected chi connectivity index (χ1v) is 7.93. The van der Waals surface area contributed by atoms with Crippen LogP contribution in [-0.4, -0.2) is 15.8 Å². The molecule has 0 spiro atoms. The largest absolute Gasteiger partial charge is 0.481 e. The van der Waals surface area contributed by atoms with E-state index >= 15 is 0 Å². The van der Waals surface area contributed by atoms with Gasteiger partial charge in [-0.3, -0.25) is 4.79 Å². The van der Waals surface area contributed by atoms with Gasteiger partial charge in [-0.05, 0) is 56.9 Å². The number of aromatic nitrogens is 2. The van der Waals surface area contributed by atoms with Gasteiger partial charge in [0.15, 0.2) is 17.2 Å². The Bertz CT molecular complexity index is 788. The number of rotatable bonds is 1. The van der Waals surface area contributed by atoms with Gasteiger partial charge in [0.05, 0.1) is 11.6 Å². The molecule has 0 fully saturated rings. The minimum atomic E-state index is -0.294. The van der Waals surface area contributed by atoms with Crippen LogP contribution < -0.4 is 4.74 Å². The molecule has 2 heterocycles.